The van der Waals surface area contributed by atoms with Gasteiger partial charge in [-0.1, -0.05) is 82.7 Å². The van der Waals surface area contributed by atoms with E-state index in [0.29, 0.717) is 6.42 Å². The van der Waals surface area contributed by atoms with Crippen LogP contribution in [0.15, 0.2) is 53.2 Å². The summed E-state index contributed by atoms with van der Waals surface area (Å²) >= 11 is 1.72. The van der Waals surface area contributed by atoms with Gasteiger partial charge in [-0.05, 0) is 46.7 Å². The van der Waals surface area contributed by atoms with Crippen molar-refractivity contribution in [1.29, 1.82) is 0 Å². The zero-order valence-corrected chi connectivity index (χ0v) is 20.9. The molecule has 3 aromatic rings. The van der Waals surface area contributed by atoms with E-state index in [2.05, 4.69) is 67.1 Å². The Morgan fingerprint density at radius 2 is 1.59 bits per heavy atom. The maximum Gasteiger partial charge on any atom is 0.264 e. The van der Waals surface area contributed by atoms with Gasteiger partial charge >= 0.3 is 0 Å². The fourth-order valence-corrected chi connectivity index (χ4v) is 4.65. The predicted molar refractivity (Wildman–Crippen MR) is 137 cm³/mol. The van der Waals surface area contributed by atoms with Gasteiger partial charge in [0.15, 0.2) is 0 Å². The molecule has 32 heavy (non-hydrogen) atoms. The van der Waals surface area contributed by atoms with E-state index in [1.54, 1.807) is 11.3 Å². The summed E-state index contributed by atoms with van der Waals surface area (Å²) in [6, 6.07) is 14.9. The monoisotopic (exact) mass is 476 g/mol. The van der Waals surface area contributed by atoms with Crippen molar-refractivity contribution in [2.75, 3.05) is 12.4 Å². The first-order chi connectivity index (χ1) is 15.5. The minimum atomic E-state index is -3.72. The van der Waals surface area contributed by atoms with E-state index in [1.165, 1.54) is 41.2 Å². The van der Waals surface area contributed by atoms with Gasteiger partial charge in [0.2, 0.25) is 0 Å². The van der Waals surface area contributed by atoms with Gasteiger partial charge in [-0.3, -0.25) is 4.55 Å². The molecule has 0 saturated heterocycles. The van der Waals surface area contributed by atoms with Gasteiger partial charge < -0.3 is 4.74 Å². The molecule has 6 heteroatoms. The lowest BCUT2D eigenvalue weighted by molar-refractivity contribution is 0.314. The third kappa shape index (κ3) is 9.31. The molecule has 0 aliphatic carbocycles. The van der Waals surface area contributed by atoms with E-state index in [9.17, 15) is 8.42 Å². The summed E-state index contributed by atoms with van der Waals surface area (Å²) in [5, 5.41) is 6.72. The largest absolute Gasteiger partial charge is 0.492 e. The van der Waals surface area contributed by atoms with Crippen molar-refractivity contribution in [2.24, 2.45) is 0 Å². The zero-order chi connectivity index (χ0) is 23.2. The second kappa shape index (κ2) is 14.3. The van der Waals surface area contributed by atoms with Crippen molar-refractivity contribution in [3.63, 3.8) is 0 Å². The molecule has 0 fully saturated rings. The highest BCUT2D eigenvalue weighted by molar-refractivity contribution is 7.85. The second-order valence-electron chi connectivity index (χ2n) is 7.93. The van der Waals surface area contributed by atoms with Crippen LogP contribution in [0.25, 0.3) is 21.9 Å². The Bertz CT molecular complexity index is 1010. The molecule has 0 amide bonds. The van der Waals surface area contributed by atoms with Crippen molar-refractivity contribution in [1.82, 2.24) is 0 Å². The van der Waals surface area contributed by atoms with Gasteiger partial charge in [0.1, 0.15) is 5.75 Å². The van der Waals surface area contributed by atoms with Crippen LogP contribution in [0, 0.1) is 0 Å². The first kappa shape index (κ1) is 26.4. The van der Waals surface area contributed by atoms with Crippen LogP contribution in [0.4, 0.5) is 0 Å². The zero-order valence-electron chi connectivity index (χ0n) is 19.3. The molecule has 1 N–H and O–H groups in total. The lowest BCUT2D eigenvalue weighted by Gasteiger charge is -2.13. The third-order valence-electron chi connectivity index (χ3n) is 5.21. The van der Waals surface area contributed by atoms with E-state index in [0.717, 1.165) is 38.0 Å². The summed E-state index contributed by atoms with van der Waals surface area (Å²) in [4.78, 5) is 0. The van der Waals surface area contributed by atoms with E-state index >= 15 is 0 Å². The van der Waals surface area contributed by atoms with Crippen LogP contribution in [0.1, 0.15) is 65.2 Å². The molecular weight excluding hydrogens is 440 g/mol. The van der Waals surface area contributed by atoms with Crippen molar-refractivity contribution in [3.8, 4) is 16.9 Å². The van der Waals surface area contributed by atoms with Crippen LogP contribution in [-0.2, 0) is 10.1 Å². The van der Waals surface area contributed by atoms with Gasteiger partial charge in [-0.25, -0.2) is 0 Å². The molecule has 0 saturated carbocycles. The Morgan fingerprint density at radius 1 is 0.875 bits per heavy atom. The Morgan fingerprint density at radius 3 is 2.28 bits per heavy atom. The molecule has 176 valence electrons. The van der Waals surface area contributed by atoms with Gasteiger partial charge in [-0.2, -0.15) is 19.8 Å². The Balaban J connectivity index is 0.000000262. The average Bonchev–Trinajstić information content (AvgIpc) is 3.31. The van der Waals surface area contributed by atoms with Crippen LogP contribution >= 0.6 is 11.3 Å². The van der Waals surface area contributed by atoms with Crippen LogP contribution in [0.5, 0.6) is 5.75 Å². The quantitative estimate of drug-likeness (QED) is 0.212. The molecule has 1 aromatic heterocycles. The maximum absolute atomic E-state index is 10.3. The fourth-order valence-electron chi connectivity index (χ4n) is 3.43. The average molecular weight is 477 g/mol. The molecule has 3 rings (SSSR count). The number of thiophene rings is 1. The minimum absolute atomic E-state index is 0.0842. The molecule has 0 aliphatic rings. The van der Waals surface area contributed by atoms with E-state index in [4.69, 9.17) is 9.29 Å². The van der Waals surface area contributed by atoms with E-state index in [-0.39, 0.29) is 5.75 Å². The Labute approximate surface area is 197 Å². The molecule has 4 nitrogen and oxygen atoms in total. The lowest BCUT2D eigenvalue weighted by Crippen LogP contribution is -2.03. The minimum Gasteiger partial charge on any atom is -0.492 e. The molecule has 0 spiro atoms. The summed E-state index contributed by atoms with van der Waals surface area (Å²) in [7, 11) is -3.72. The first-order valence-corrected chi connectivity index (χ1v) is 14.1. The van der Waals surface area contributed by atoms with Crippen LogP contribution in [-0.4, -0.2) is 25.3 Å². The van der Waals surface area contributed by atoms with Crippen LogP contribution < -0.4 is 4.74 Å². The predicted octanol–water partition coefficient (Wildman–Crippen LogP) is 7.98. The van der Waals surface area contributed by atoms with Crippen molar-refractivity contribution in [2.45, 2.75) is 65.2 Å². The van der Waals surface area contributed by atoms with Crippen molar-refractivity contribution < 1.29 is 17.7 Å². The third-order valence-corrected chi connectivity index (χ3v) is 6.70. The molecule has 0 unspecified atom stereocenters. The summed E-state index contributed by atoms with van der Waals surface area (Å²) in [6.45, 7) is 5.10. The molecular formula is C26H36O4S2. The Kier molecular flexibility index (Phi) is 11.8. The number of ether oxygens (including phenoxy) is 1. The summed E-state index contributed by atoms with van der Waals surface area (Å²) in [5.74, 6) is 0.939. The van der Waals surface area contributed by atoms with Crippen molar-refractivity contribution >= 4 is 32.2 Å². The smallest absolute Gasteiger partial charge is 0.264 e. The SMILES string of the molecule is CCCCCCCCS(=O)(=O)O.CCCCOc1c(-c2ccsc2)ccc2ccccc12. The highest BCUT2D eigenvalue weighted by Gasteiger charge is 2.11. The normalized spacial score (nSPS) is 11.2. The van der Waals surface area contributed by atoms with Crippen LogP contribution in [0.3, 0.4) is 0 Å². The number of rotatable bonds is 12. The van der Waals surface area contributed by atoms with Gasteiger partial charge in [0, 0.05) is 10.9 Å². The topological polar surface area (TPSA) is 63.6 Å². The fraction of sp³-hybridized carbons (Fsp3) is 0.462. The number of unbranched alkanes of at least 4 members (excludes halogenated alkanes) is 6. The lowest BCUT2D eigenvalue weighted by atomic mass is 10.0. The molecule has 0 atom stereocenters. The Hall–Kier alpha value is -1.89. The molecule has 0 radical (unpaired) electrons. The first-order valence-electron chi connectivity index (χ1n) is 11.6. The van der Waals surface area contributed by atoms with E-state index < -0.39 is 10.1 Å². The van der Waals surface area contributed by atoms with Gasteiger partial charge in [0.25, 0.3) is 10.1 Å². The van der Waals surface area contributed by atoms with Crippen LogP contribution in [0.2, 0.25) is 0 Å². The van der Waals surface area contributed by atoms with Crippen molar-refractivity contribution in [3.05, 3.63) is 53.2 Å². The maximum atomic E-state index is 10.3. The van der Waals surface area contributed by atoms with Gasteiger partial charge in [-0.15, -0.1) is 0 Å². The number of fused-ring (bicyclic) bond motifs is 1. The van der Waals surface area contributed by atoms with Gasteiger partial charge in [0.05, 0.1) is 12.4 Å². The molecule has 2 aromatic carbocycles. The second-order valence-corrected chi connectivity index (χ2v) is 10.3. The highest BCUT2D eigenvalue weighted by Crippen LogP contribution is 2.37. The summed E-state index contributed by atoms with van der Waals surface area (Å²) < 4.78 is 35.1. The molecule has 0 bridgehead atoms. The molecule has 0 aliphatic heterocycles. The van der Waals surface area contributed by atoms with E-state index in [1.807, 2.05) is 0 Å². The number of hydrogen-bond donors (Lipinski definition) is 1. The standard InChI is InChI=1S/C18H18OS.C8H18O3S/c1-2-3-11-19-18-16-7-5-4-6-14(16)8-9-17(18)15-10-12-20-13-15;1-2-3-4-5-6-7-8-12(9,10)11/h4-10,12-13H,2-3,11H2,1H3;2-8H2,1H3,(H,9,10,11). The molecule has 1 heterocycles. The number of hydrogen-bond acceptors (Lipinski definition) is 4. The summed E-state index contributed by atoms with van der Waals surface area (Å²) in [6.07, 6.45) is 8.38. The summed E-state index contributed by atoms with van der Waals surface area (Å²) in [5.41, 5.74) is 2.44. The number of benzene rings is 2. The highest BCUT2D eigenvalue weighted by atomic mass is 32.2.